The lowest BCUT2D eigenvalue weighted by atomic mass is 10.2. The summed E-state index contributed by atoms with van der Waals surface area (Å²) >= 11 is 0. The van der Waals surface area contributed by atoms with Gasteiger partial charge in [-0.3, -0.25) is 9.52 Å². The van der Waals surface area contributed by atoms with Crippen molar-refractivity contribution >= 4 is 27.3 Å². The van der Waals surface area contributed by atoms with Gasteiger partial charge >= 0.3 is 0 Å². The number of anilines is 2. The average Bonchev–Trinajstić information content (AvgIpc) is 2.48. The normalized spacial score (nSPS) is 12.3. The Bertz CT molecular complexity index is 758. The highest BCUT2D eigenvalue weighted by molar-refractivity contribution is 7.92. The van der Waals surface area contributed by atoms with Crippen LogP contribution in [0.4, 0.5) is 11.4 Å². The number of amides is 1. The SMILES string of the molecule is C[C@@H](Oc1ccccc1)C(=O)Nc1ccc(NS(C)(=O)=O)cc1. The lowest BCUT2D eigenvalue weighted by Crippen LogP contribution is -2.30. The highest BCUT2D eigenvalue weighted by atomic mass is 32.2. The van der Waals surface area contributed by atoms with Crippen molar-refractivity contribution in [1.82, 2.24) is 0 Å². The molecule has 1 atom stereocenters. The molecular formula is C16H18N2O4S. The van der Waals surface area contributed by atoms with Crippen molar-refractivity contribution < 1.29 is 17.9 Å². The molecule has 0 radical (unpaired) electrons. The Labute approximate surface area is 135 Å². The van der Waals surface area contributed by atoms with Crippen LogP contribution >= 0.6 is 0 Å². The first-order chi connectivity index (χ1) is 10.8. The number of nitrogens with one attached hydrogen (secondary N) is 2. The lowest BCUT2D eigenvalue weighted by molar-refractivity contribution is -0.122. The maximum absolute atomic E-state index is 12.1. The molecule has 0 aliphatic carbocycles. The van der Waals surface area contributed by atoms with Crippen LogP contribution < -0.4 is 14.8 Å². The zero-order valence-corrected chi connectivity index (χ0v) is 13.6. The molecule has 0 aliphatic rings. The quantitative estimate of drug-likeness (QED) is 0.850. The highest BCUT2D eigenvalue weighted by Crippen LogP contribution is 2.16. The minimum absolute atomic E-state index is 0.294. The monoisotopic (exact) mass is 334 g/mol. The van der Waals surface area contributed by atoms with Crippen LogP contribution in [0.5, 0.6) is 5.75 Å². The Kier molecular flexibility index (Phi) is 5.23. The van der Waals surface area contributed by atoms with Gasteiger partial charge in [0.15, 0.2) is 6.10 Å². The van der Waals surface area contributed by atoms with Crippen molar-refractivity contribution in [3.05, 3.63) is 54.6 Å². The standard InChI is InChI=1S/C16H18N2O4S/c1-12(22-15-6-4-3-5-7-15)16(19)17-13-8-10-14(11-9-13)18-23(2,20)21/h3-12,18H,1-2H3,(H,17,19)/t12-/m1/s1. The number of carbonyl (C=O) groups is 1. The molecule has 0 aromatic heterocycles. The van der Waals surface area contributed by atoms with E-state index in [1.165, 1.54) is 0 Å². The van der Waals surface area contributed by atoms with Crippen molar-refractivity contribution in [3.8, 4) is 5.75 Å². The number of sulfonamides is 1. The number of ether oxygens (including phenoxy) is 1. The molecule has 2 aromatic rings. The van der Waals surface area contributed by atoms with E-state index < -0.39 is 16.1 Å². The average molecular weight is 334 g/mol. The smallest absolute Gasteiger partial charge is 0.265 e. The zero-order chi connectivity index (χ0) is 16.9. The summed E-state index contributed by atoms with van der Waals surface area (Å²) in [6.45, 7) is 1.65. The first-order valence-corrected chi connectivity index (χ1v) is 8.83. The van der Waals surface area contributed by atoms with Gasteiger partial charge in [0.05, 0.1) is 6.26 Å². The van der Waals surface area contributed by atoms with Crippen LogP contribution in [0, 0.1) is 0 Å². The Hall–Kier alpha value is -2.54. The second kappa shape index (κ2) is 7.15. The summed E-state index contributed by atoms with van der Waals surface area (Å²) in [5.74, 6) is 0.320. The molecule has 0 aliphatic heterocycles. The number of rotatable bonds is 6. The molecule has 0 saturated heterocycles. The summed E-state index contributed by atoms with van der Waals surface area (Å²) in [6.07, 6.45) is 0.414. The molecule has 0 fully saturated rings. The third-order valence-corrected chi connectivity index (χ3v) is 3.49. The van der Waals surface area contributed by atoms with E-state index >= 15 is 0 Å². The highest BCUT2D eigenvalue weighted by Gasteiger charge is 2.14. The van der Waals surface area contributed by atoms with Gasteiger partial charge in [0, 0.05) is 11.4 Å². The van der Waals surface area contributed by atoms with Crippen LogP contribution in [0.3, 0.4) is 0 Å². The van der Waals surface area contributed by atoms with Crippen LogP contribution in [-0.4, -0.2) is 26.7 Å². The Morgan fingerprint density at radius 3 is 2.13 bits per heavy atom. The van der Waals surface area contributed by atoms with E-state index in [9.17, 15) is 13.2 Å². The summed E-state index contributed by atoms with van der Waals surface area (Å²) in [6, 6.07) is 15.4. The van der Waals surface area contributed by atoms with E-state index in [0.29, 0.717) is 17.1 Å². The van der Waals surface area contributed by atoms with Crippen molar-refractivity contribution in [3.63, 3.8) is 0 Å². The molecule has 2 rings (SSSR count). The number of hydrogen-bond acceptors (Lipinski definition) is 4. The van der Waals surface area contributed by atoms with Gasteiger partial charge in [-0.1, -0.05) is 18.2 Å². The maximum atomic E-state index is 12.1. The Morgan fingerprint density at radius 2 is 1.57 bits per heavy atom. The summed E-state index contributed by atoms with van der Waals surface area (Å²) in [7, 11) is -3.32. The van der Waals surface area contributed by atoms with Gasteiger partial charge in [0.2, 0.25) is 10.0 Å². The first-order valence-electron chi connectivity index (χ1n) is 6.94. The molecule has 2 aromatic carbocycles. The predicted molar refractivity (Wildman–Crippen MR) is 90.1 cm³/mol. The number of hydrogen-bond donors (Lipinski definition) is 2. The molecule has 23 heavy (non-hydrogen) atoms. The fourth-order valence-electron chi connectivity index (χ4n) is 1.84. The molecule has 0 bridgehead atoms. The molecule has 0 unspecified atom stereocenters. The summed E-state index contributed by atoms with van der Waals surface area (Å²) < 4.78 is 30.1. The fraction of sp³-hybridized carbons (Fsp3) is 0.188. The van der Waals surface area contributed by atoms with E-state index in [4.69, 9.17) is 4.74 Å². The summed E-state index contributed by atoms with van der Waals surface area (Å²) in [4.78, 5) is 12.1. The van der Waals surface area contributed by atoms with Gasteiger partial charge in [-0.2, -0.15) is 0 Å². The van der Waals surface area contributed by atoms with Gasteiger partial charge in [0.25, 0.3) is 5.91 Å². The minimum Gasteiger partial charge on any atom is -0.481 e. The molecule has 122 valence electrons. The Balaban J connectivity index is 1.94. The van der Waals surface area contributed by atoms with Gasteiger partial charge < -0.3 is 10.1 Å². The van der Waals surface area contributed by atoms with E-state index in [1.807, 2.05) is 18.2 Å². The van der Waals surface area contributed by atoms with Gasteiger partial charge in [-0.25, -0.2) is 8.42 Å². The van der Waals surface area contributed by atoms with Crippen molar-refractivity contribution in [2.45, 2.75) is 13.0 Å². The van der Waals surface area contributed by atoms with Crippen molar-refractivity contribution in [2.24, 2.45) is 0 Å². The van der Waals surface area contributed by atoms with Crippen molar-refractivity contribution in [1.29, 1.82) is 0 Å². The van der Waals surface area contributed by atoms with Gasteiger partial charge in [0.1, 0.15) is 5.75 Å². The van der Waals surface area contributed by atoms with Crippen LogP contribution in [0.2, 0.25) is 0 Å². The van der Waals surface area contributed by atoms with Gasteiger partial charge in [-0.15, -0.1) is 0 Å². The second-order valence-electron chi connectivity index (χ2n) is 5.01. The minimum atomic E-state index is -3.32. The van der Waals surface area contributed by atoms with Crippen LogP contribution in [0.25, 0.3) is 0 Å². The largest absolute Gasteiger partial charge is 0.481 e. The molecule has 0 spiro atoms. The molecular weight excluding hydrogens is 316 g/mol. The number of carbonyl (C=O) groups excluding carboxylic acids is 1. The second-order valence-corrected chi connectivity index (χ2v) is 6.76. The van der Waals surface area contributed by atoms with E-state index in [-0.39, 0.29) is 5.91 Å². The molecule has 1 amide bonds. The third-order valence-electron chi connectivity index (χ3n) is 2.88. The topological polar surface area (TPSA) is 84.5 Å². The summed E-state index contributed by atoms with van der Waals surface area (Å²) in [5.41, 5.74) is 0.983. The van der Waals surface area contributed by atoms with E-state index in [1.54, 1.807) is 43.3 Å². The van der Waals surface area contributed by atoms with Crippen molar-refractivity contribution in [2.75, 3.05) is 16.3 Å². The van der Waals surface area contributed by atoms with Crippen LogP contribution in [-0.2, 0) is 14.8 Å². The predicted octanol–water partition coefficient (Wildman–Crippen LogP) is 2.46. The van der Waals surface area contributed by atoms with Crippen LogP contribution in [0.1, 0.15) is 6.92 Å². The van der Waals surface area contributed by atoms with Crippen LogP contribution in [0.15, 0.2) is 54.6 Å². The molecule has 0 heterocycles. The molecule has 7 heteroatoms. The zero-order valence-electron chi connectivity index (χ0n) is 12.8. The fourth-order valence-corrected chi connectivity index (χ4v) is 2.40. The maximum Gasteiger partial charge on any atom is 0.265 e. The van der Waals surface area contributed by atoms with E-state index in [2.05, 4.69) is 10.0 Å². The lowest BCUT2D eigenvalue weighted by Gasteiger charge is -2.15. The molecule has 6 nitrogen and oxygen atoms in total. The third kappa shape index (κ3) is 5.63. The Morgan fingerprint density at radius 1 is 1.00 bits per heavy atom. The number of para-hydroxylation sites is 1. The molecule has 0 saturated carbocycles. The number of benzene rings is 2. The first kappa shape index (κ1) is 16.8. The van der Waals surface area contributed by atoms with Gasteiger partial charge in [-0.05, 0) is 43.3 Å². The summed E-state index contributed by atoms with van der Waals surface area (Å²) in [5, 5.41) is 2.71. The molecule has 2 N–H and O–H groups in total. The van der Waals surface area contributed by atoms with E-state index in [0.717, 1.165) is 6.26 Å².